The van der Waals surface area contributed by atoms with Crippen LogP contribution in [0.4, 0.5) is 0 Å². The van der Waals surface area contributed by atoms with Gasteiger partial charge in [-0.05, 0) is 57.4 Å². The van der Waals surface area contributed by atoms with Gasteiger partial charge in [-0.15, -0.1) is 0 Å². The van der Waals surface area contributed by atoms with E-state index >= 15 is 0 Å². The van der Waals surface area contributed by atoms with Gasteiger partial charge in [0.15, 0.2) is 0 Å². The first kappa shape index (κ1) is 66.5. The summed E-state index contributed by atoms with van der Waals surface area (Å²) in [5.74, 6) is -0.546. The highest BCUT2D eigenvalue weighted by atomic mass is 31.2. The number of phosphoric ester groups is 1. The van der Waals surface area contributed by atoms with Crippen molar-refractivity contribution in [3.63, 3.8) is 0 Å². The molecule has 0 spiro atoms. The minimum atomic E-state index is -4.69. The van der Waals surface area contributed by atoms with Crippen LogP contribution in [0.1, 0.15) is 284 Å². The third kappa shape index (κ3) is 49.5. The lowest BCUT2D eigenvalue weighted by Crippen LogP contribution is -2.47. The molecule has 0 aliphatic carbocycles. The number of esters is 1. The normalized spacial score (nSPS) is 13.9. The summed E-state index contributed by atoms with van der Waals surface area (Å²) in [4.78, 5) is 39.8. The summed E-state index contributed by atoms with van der Waals surface area (Å²) >= 11 is 0. The summed E-state index contributed by atoms with van der Waals surface area (Å²) in [5.41, 5.74) is 0. The number of likely N-dealkylation sites (N-methyl/N-ethyl adjacent to an activating group) is 1. The lowest BCUT2D eigenvalue weighted by atomic mass is 10.0. The highest BCUT2D eigenvalue weighted by molar-refractivity contribution is 7.45. The van der Waals surface area contributed by atoms with Crippen molar-refractivity contribution in [2.75, 3.05) is 40.9 Å². The van der Waals surface area contributed by atoms with E-state index in [-0.39, 0.29) is 31.5 Å². The third-order valence-electron chi connectivity index (χ3n) is 13.1. The molecule has 0 radical (unpaired) electrons. The number of unbranched alkanes of at least 4 members (excludes halogenated alkanes) is 35. The molecular weight excluding hydrogens is 868 g/mol. The molecule has 1 N–H and O–H groups in total. The van der Waals surface area contributed by atoms with Crippen molar-refractivity contribution in [3.8, 4) is 0 Å². The van der Waals surface area contributed by atoms with Crippen molar-refractivity contribution in [2.45, 2.75) is 296 Å². The zero-order valence-corrected chi connectivity index (χ0v) is 46.7. The molecule has 68 heavy (non-hydrogen) atoms. The lowest BCUT2D eigenvalue weighted by molar-refractivity contribution is -0.870. The Morgan fingerprint density at radius 3 is 1.26 bits per heavy atom. The van der Waals surface area contributed by atoms with Crippen molar-refractivity contribution in [1.82, 2.24) is 5.32 Å². The topological polar surface area (TPSA) is 114 Å². The smallest absolute Gasteiger partial charge is 0.306 e. The van der Waals surface area contributed by atoms with Crippen molar-refractivity contribution >= 4 is 19.7 Å². The van der Waals surface area contributed by atoms with E-state index in [2.05, 4.69) is 38.2 Å². The summed E-state index contributed by atoms with van der Waals surface area (Å²) < 4.78 is 30.2. The molecule has 0 aliphatic rings. The summed E-state index contributed by atoms with van der Waals surface area (Å²) in [5, 5.41) is 3.02. The summed E-state index contributed by atoms with van der Waals surface area (Å²) in [6.07, 6.45) is 55.6. The van der Waals surface area contributed by atoms with Crippen LogP contribution in [0.15, 0.2) is 24.3 Å². The quantitative estimate of drug-likeness (QED) is 0.0212. The Balaban J connectivity index is 5.36. The Kier molecular flexibility index (Phi) is 48.0. The molecule has 0 saturated heterocycles. The maximum atomic E-state index is 13.5. The first-order valence-electron chi connectivity index (χ1n) is 29.1. The number of hydrogen-bond acceptors (Lipinski definition) is 7. The van der Waals surface area contributed by atoms with Crippen LogP contribution in [0.5, 0.6) is 0 Å². The fraction of sp³-hybridized carbons (Fsp3) is 0.897. The van der Waals surface area contributed by atoms with Gasteiger partial charge in [-0.3, -0.25) is 14.2 Å². The van der Waals surface area contributed by atoms with Crippen LogP contribution in [-0.4, -0.2) is 69.4 Å². The van der Waals surface area contributed by atoms with Gasteiger partial charge in [-0.25, -0.2) is 0 Å². The van der Waals surface area contributed by atoms with Crippen LogP contribution < -0.4 is 10.2 Å². The maximum absolute atomic E-state index is 13.5. The molecule has 0 saturated carbocycles. The molecule has 0 rings (SSSR count). The molecule has 402 valence electrons. The van der Waals surface area contributed by atoms with Crippen LogP contribution in [0.2, 0.25) is 0 Å². The van der Waals surface area contributed by atoms with Gasteiger partial charge >= 0.3 is 5.97 Å². The van der Waals surface area contributed by atoms with Crippen LogP contribution in [0.3, 0.4) is 0 Å². The Labute approximate surface area is 422 Å². The molecule has 0 bridgehead atoms. The first-order valence-corrected chi connectivity index (χ1v) is 30.6. The molecule has 0 aromatic carbocycles. The van der Waals surface area contributed by atoms with Crippen molar-refractivity contribution in [3.05, 3.63) is 24.3 Å². The second-order valence-corrected chi connectivity index (χ2v) is 22.6. The molecule has 0 aliphatic heterocycles. The van der Waals surface area contributed by atoms with Crippen molar-refractivity contribution in [2.24, 2.45) is 0 Å². The van der Waals surface area contributed by atoms with E-state index in [4.69, 9.17) is 13.8 Å². The van der Waals surface area contributed by atoms with E-state index in [1.54, 1.807) is 0 Å². The lowest BCUT2D eigenvalue weighted by Gasteiger charge is -2.30. The molecule has 0 heterocycles. The number of nitrogens with zero attached hydrogens (tertiary/aromatic N) is 1. The van der Waals surface area contributed by atoms with E-state index in [0.717, 1.165) is 64.2 Å². The van der Waals surface area contributed by atoms with Crippen LogP contribution >= 0.6 is 7.82 Å². The van der Waals surface area contributed by atoms with Gasteiger partial charge in [0, 0.05) is 12.8 Å². The molecule has 0 aromatic heterocycles. The molecule has 3 atom stereocenters. The standard InChI is InChI=1S/C58H113N2O7P/c1-7-10-13-16-19-22-25-28-30-32-35-38-41-44-47-50-57(61)59-55(54-66-68(63,64)65-53-52-60(4,5)6)56(49-46-43-40-37-34-31-27-24-21-18-15-12-9-3)67-58(62)51-48-45-42-39-36-33-29-26-23-20-17-14-11-8-2/h33,36,46,49,55-56H,7-32,34-35,37-45,47-48,50-54H2,1-6H3,(H-,59,61,63,64)/b36-33-,49-46+. The van der Waals surface area contributed by atoms with Gasteiger partial charge in [0.2, 0.25) is 5.91 Å². The maximum Gasteiger partial charge on any atom is 0.306 e. The summed E-state index contributed by atoms with van der Waals surface area (Å²) in [7, 11) is 1.19. The van der Waals surface area contributed by atoms with E-state index in [1.807, 2.05) is 33.3 Å². The van der Waals surface area contributed by atoms with Crippen LogP contribution in [-0.2, 0) is 27.9 Å². The first-order chi connectivity index (χ1) is 32.9. The molecule has 9 nitrogen and oxygen atoms in total. The largest absolute Gasteiger partial charge is 0.756 e. The van der Waals surface area contributed by atoms with Crippen LogP contribution in [0, 0.1) is 0 Å². The van der Waals surface area contributed by atoms with E-state index < -0.39 is 20.0 Å². The van der Waals surface area contributed by atoms with Crippen molar-refractivity contribution < 1.29 is 37.3 Å². The highest BCUT2D eigenvalue weighted by Crippen LogP contribution is 2.38. The number of rotatable bonds is 53. The number of nitrogens with one attached hydrogen (secondary N) is 1. The fourth-order valence-electron chi connectivity index (χ4n) is 8.58. The Morgan fingerprint density at radius 2 is 0.853 bits per heavy atom. The Bertz CT molecular complexity index is 1220. The van der Waals surface area contributed by atoms with Gasteiger partial charge in [0.25, 0.3) is 7.82 Å². The average Bonchev–Trinajstić information content (AvgIpc) is 3.29. The Hall–Kier alpha value is -1.51. The molecular formula is C58H113N2O7P. The van der Waals surface area contributed by atoms with E-state index in [9.17, 15) is 19.0 Å². The minimum Gasteiger partial charge on any atom is -0.756 e. The summed E-state index contributed by atoms with van der Waals surface area (Å²) in [6.45, 7) is 6.86. The number of ether oxygens (including phenoxy) is 1. The van der Waals surface area contributed by atoms with Crippen LogP contribution in [0.25, 0.3) is 0 Å². The number of carbonyl (C=O) groups is 2. The molecule has 10 heteroatoms. The SMILES string of the molecule is CCCCCCCCC/C=C\CCCCCC(=O)OC(/C=C/CCCCCCCCCCCCC)C(COP(=O)([O-])OCC[N+](C)(C)C)NC(=O)CCCCCCCCCCCCCCCCC. The number of carbonyl (C=O) groups excluding carboxylic acids is 2. The zero-order chi connectivity index (χ0) is 50.1. The molecule has 3 unspecified atom stereocenters. The summed E-state index contributed by atoms with van der Waals surface area (Å²) in [6, 6.07) is -0.887. The van der Waals surface area contributed by atoms with E-state index in [1.165, 1.54) is 180 Å². The number of allylic oxidation sites excluding steroid dienone is 3. The fourth-order valence-corrected chi connectivity index (χ4v) is 9.30. The third-order valence-corrected chi connectivity index (χ3v) is 14.1. The molecule has 0 fully saturated rings. The second kappa shape index (κ2) is 49.1. The molecule has 0 aromatic rings. The monoisotopic (exact) mass is 981 g/mol. The predicted octanol–water partition coefficient (Wildman–Crippen LogP) is 16.8. The highest BCUT2D eigenvalue weighted by Gasteiger charge is 2.27. The minimum absolute atomic E-state index is 0.0211. The number of phosphoric acid groups is 1. The van der Waals surface area contributed by atoms with Gasteiger partial charge in [-0.2, -0.15) is 0 Å². The van der Waals surface area contributed by atoms with Gasteiger partial charge in [-0.1, -0.05) is 238 Å². The number of amides is 1. The average molecular weight is 982 g/mol. The second-order valence-electron chi connectivity index (χ2n) is 21.2. The zero-order valence-electron chi connectivity index (χ0n) is 45.8. The van der Waals surface area contributed by atoms with Gasteiger partial charge in [0.05, 0.1) is 33.8 Å². The van der Waals surface area contributed by atoms with E-state index in [0.29, 0.717) is 23.9 Å². The number of quaternary nitrogens is 1. The van der Waals surface area contributed by atoms with Gasteiger partial charge in [0.1, 0.15) is 19.3 Å². The Morgan fingerprint density at radius 1 is 0.500 bits per heavy atom. The number of hydrogen-bond donors (Lipinski definition) is 1. The molecule has 1 amide bonds. The van der Waals surface area contributed by atoms with Crippen molar-refractivity contribution in [1.29, 1.82) is 0 Å². The predicted molar refractivity (Wildman–Crippen MR) is 289 cm³/mol. The van der Waals surface area contributed by atoms with Gasteiger partial charge < -0.3 is 28.5 Å².